The summed E-state index contributed by atoms with van der Waals surface area (Å²) in [4.78, 5) is 23.6. The fraction of sp³-hybridized carbons (Fsp3) is 0.467. The second-order valence-electron chi connectivity index (χ2n) is 5.50. The standard InChI is InChI=1S/C15H19BrN2O3/c16-11-5-4-10(13(19)20)8-12(11)18-14(21)15(9-17)6-2-1-3-7-15/h4-5,8H,1-3,6-7,9,17H2,(H,18,21)(H,19,20). The van der Waals surface area contributed by atoms with Gasteiger partial charge in [0.05, 0.1) is 16.7 Å². The largest absolute Gasteiger partial charge is 0.478 e. The summed E-state index contributed by atoms with van der Waals surface area (Å²) in [6, 6.07) is 4.56. The van der Waals surface area contributed by atoms with Gasteiger partial charge in [-0.25, -0.2) is 4.79 Å². The lowest BCUT2D eigenvalue weighted by Gasteiger charge is -2.34. The Hall–Kier alpha value is -1.40. The zero-order chi connectivity index (χ0) is 15.5. The van der Waals surface area contributed by atoms with Crippen molar-refractivity contribution in [1.82, 2.24) is 0 Å². The third kappa shape index (κ3) is 3.44. The Labute approximate surface area is 132 Å². The zero-order valence-corrected chi connectivity index (χ0v) is 13.3. The number of rotatable bonds is 4. The van der Waals surface area contributed by atoms with Crippen molar-refractivity contribution in [2.75, 3.05) is 11.9 Å². The molecular weight excluding hydrogens is 336 g/mol. The van der Waals surface area contributed by atoms with Gasteiger partial charge in [-0.15, -0.1) is 0 Å². The molecule has 0 radical (unpaired) electrons. The highest BCUT2D eigenvalue weighted by molar-refractivity contribution is 9.10. The van der Waals surface area contributed by atoms with Crippen LogP contribution in [0.3, 0.4) is 0 Å². The molecule has 0 heterocycles. The van der Waals surface area contributed by atoms with Crippen LogP contribution in [0.15, 0.2) is 22.7 Å². The predicted molar refractivity (Wildman–Crippen MR) is 84.3 cm³/mol. The van der Waals surface area contributed by atoms with E-state index in [1.807, 2.05) is 0 Å². The quantitative estimate of drug-likeness (QED) is 0.774. The first-order valence-electron chi connectivity index (χ1n) is 7.03. The first-order chi connectivity index (χ1) is 9.98. The van der Waals surface area contributed by atoms with E-state index < -0.39 is 11.4 Å². The summed E-state index contributed by atoms with van der Waals surface area (Å²) < 4.78 is 0.656. The second-order valence-corrected chi connectivity index (χ2v) is 6.35. The molecule has 114 valence electrons. The molecule has 1 saturated carbocycles. The van der Waals surface area contributed by atoms with Gasteiger partial charge in [0.1, 0.15) is 0 Å². The number of halogens is 1. The predicted octanol–water partition coefficient (Wildman–Crippen LogP) is 3.00. The van der Waals surface area contributed by atoms with Gasteiger partial charge in [-0.05, 0) is 47.0 Å². The van der Waals surface area contributed by atoms with Gasteiger partial charge in [0.2, 0.25) is 5.91 Å². The highest BCUT2D eigenvalue weighted by Crippen LogP contribution is 2.37. The Bertz CT molecular complexity index is 554. The Morgan fingerprint density at radius 2 is 1.95 bits per heavy atom. The molecule has 1 aromatic rings. The van der Waals surface area contributed by atoms with Crippen LogP contribution < -0.4 is 11.1 Å². The van der Waals surface area contributed by atoms with Gasteiger partial charge in [-0.2, -0.15) is 0 Å². The monoisotopic (exact) mass is 354 g/mol. The molecule has 1 amide bonds. The van der Waals surface area contributed by atoms with Crippen LogP contribution in [0.25, 0.3) is 0 Å². The topological polar surface area (TPSA) is 92.4 Å². The molecule has 21 heavy (non-hydrogen) atoms. The number of benzene rings is 1. The average molecular weight is 355 g/mol. The van der Waals surface area contributed by atoms with Gasteiger partial charge in [0.25, 0.3) is 0 Å². The molecule has 6 heteroatoms. The van der Waals surface area contributed by atoms with Crippen LogP contribution in [0, 0.1) is 5.41 Å². The Morgan fingerprint density at radius 3 is 2.52 bits per heavy atom. The van der Waals surface area contributed by atoms with Crippen molar-refractivity contribution in [2.45, 2.75) is 32.1 Å². The first-order valence-corrected chi connectivity index (χ1v) is 7.82. The van der Waals surface area contributed by atoms with Crippen molar-refractivity contribution in [1.29, 1.82) is 0 Å². The number of aromatic carboxylic acids is 1. The van der Waals surface area contributed by atoms with Crippen LogP contribution >= 0.6 is 15.9 Å². The van der Waals surface area contributed by atoms with Gasteiger partial charge in [-0.3, -0.25) is 4.79 Å². The van der Waals surface area contributed by atoms with Crippen molar-refractivity contribution in [3.05, 3.63) is 28.2 Å². The second kappa shape index (κ2) is 6.58. The van der Waals surface area contributed by atoms with Crippen LogP contribution in [0.1, 0.15) is 42.5 Å². The van der Waals surface area contributed by atoms with E-state index in [2.05, 4.69) is 21.2 Å². The fourth-order valence-electron chi connectivity index (χ4n) is 2.76. The lowest BCUT2D eigenvalue weighted by molar-refractivity contribution is -0.126. The molecule has 2 rings (SSSR count). The zero-order valence-electron chi connectivity index (χ0n) is 11.7. The first kappa shape index (κ1) is 16.0. The van der Waals surface area contributed by atoms with Crippen molar-refractivity contribution in [3.8, 4) is 0 Å². The number of hydrogen-bond acceptors (Lipinski definition) is 3. The Morgan fingerprint density at radius 1 is 1.29 bits per heavy atom. The SMILES string of the molecule is NCC1(C(=O)Nc2cc(C(=O)O)ccc2Br)CCCCC1. The van der Waals surface area contributed by atoms with Crippen molar-refractivity contribution in [3.63, 3.8) is 0 Å². The molecule has 4 N–H and O–H groups in total. The minimum atomic E-state index is -1.02. The molecule has 0 atom stereocenters. The number of nitrogens with two attached hydrogens (primary N) is 1. The van der Waals surface area contributed by atoms with Gasteiger partial charge in [0, 0.05) is 11.0 Å². The molecule has 0 bridgehead atoms. The Kier molecular flexibility index (Phi) is 5.00. The number of carboxylic acids is 1. The van der Waals surface area contributed by atoms with Gasteiger partial charge >= 0.3 is 5.97 Å². The number of carbonyl (C=O) groups excluding carboxylic acids is 1. The molecule has 0 aliphatic heterocycles. The molecule has 1 aliphatic carbocycles. The average Bonchev–Trinajstić information content (AvgIpc) is 2.49. The van der Waals surface area contributed by atoms with E-state index >= 15 is 0 Å². The summed E-state index contributed by atoms with van der Waals surface area (Å²) in [5, 5.41) is 11.9. The summed E-state index contributed by atoms with van der Waals surface area (Å²) >= 11 is 3.33. The number of carboxylic acid groups (broad SMARTS) is 1. The van der Waals surface area contributed by atoms with E-state index in [4.69, 9.17) is 10.8 Å². The van der Waals surface area contributed by atoms with E-state index in [1.54, 1.807) is 6.07 Å². The number of nitrogens with one attached hydrogen (secondary N) is 1. The van der Waals surface area contributed by atoms with E-state index in [1.165, 1.54) is 12.1 Å². The fourth-order valence-corrected chi connectivity index (χ4v) is 3.11. The van der Waals surface area contributed by atoms with E-state index in [-0.39, 0.29) is 11.5 Å². The van der Waals surface area contributed by atoms with E-state index in [0.29, 0.717) is 16.7 Å². The van der Waals surface area contributed by atoms with Crippen LogP contribution in [0.5, 0.6) is 0 Å². The maximum absolute atomic E-state index is 12.6. The molecule has 0 saturated heterocycles. The molecule has 0 aromatic heterocycles. The highest BCUT2D eigenvalue weighted by Gasteiger charge is 2.38. The van der Waals surface area contributed by atoms with E-state index in [9.17, 15) is 9.59 Å². The summed E-state index contributed by atoms with van der Waals surface area (Å²) in [7, 11) is 0. The summed E-state index contributed by atoms with van der Waals surface area (Å²) in [5.41, 5.74) is 5.92. The summed E-state index contributed by atoms with van der Waals surface area (Å²) in [6.07, 6.45) is 4.70. The normalized spacial score (nSPS) is 17.2. The summed E-state index contributed by atoms with van der Waals surface area (Å²) in [6.45, 7) is 0.315. The Balaban J connectivity index is 2.22. The molecule has 0 unspecified atom stereocenters. The van der Waals surface area contributed by atoms with Crippen LogP contribution in [0.2, 0.25) is 0 Å². The lowest BCUT2D eigenvalue weighted by atomic mass is 9.73. The third-order valence-electron chi connectivity index (χ3n) is 4.14. The molecule has 0 spiro atoms. The minimum Gasteiger partial charge on any atom is -0.478 e. The number of hydrogen-bond donors (Lipinski definition) is 3. The van der Waals surface area contributed by atoms with Crippen molar-refractivity contribution in [2.24, 2.45) is 11.1 Å². The van der Waals surface area contributed by atoms with Crippen molar-refractivity contribution >= 4 is 33.5 Å². The van der Waals surface area contributed by atoms with Crippen LogP contribution in [0.4, 0.5) is 5.69 Å². The number of anilines is 1. The lowest BCUT2D eigenvalue weighted by Crippen LogP contribution is -2.43. The molecule has 1 aromatic carbocycles. The molecule has 5 nitrogen and oxygen atoms in total. The minimum absolute atomic E-state index is 0.118. The molecule has 1 aliphatic rings. The van der Waals surface area contributed by atoms with Crippen LogP contribution in [-0.4, -0.2) is 23.5 Å². The molecular formula is C15H19BrN2O3. The maximum atomic E-state index is 12.6. The van der Waals surface area contributed by atoms with Gasteiger partial charge in [-0.1, -0.05) is 19.3 Å². The van der Waals surface area contributed by atoms with E-state index in [0.717, 1.165) is 32.1 Å². The highest BCUT2D eigenvalue weighted by atomic mass is 79.9. The number of carbonyl (C=O) groups is 2. The van der Waals surface area contributed by atoms with Crippen molar-refractivity contribution < 1.29 is 14.7 Å². The summed E-state index contributed by atoms with van der Waals surface area (Å²) in [5.74, 6) is -1.14. The van der Waals surface area contributed by atoms with Gasteiger partial charge in [0.15, 0.2) is 0 Å². The maximum Gasteiger partial charge on any atom is 0.335 e. The molecule has 1 fully saturated rings. The van der Waals surface area contributed by atoms with Crippen LogP contribution in [-0.2, 0) is 4.79 Å². The number of amides is 1. The smallest absolute Gasteiger partial charge is 0.335 e. The third-order valence-corrected chi connectivity index (χ3v) is 4.84. The van der Waals surface area contributed by atoms with Gasteiger partial charge < -0.3 is 16.2 Å².